The van der Waals surface area contributed by atoms with Gasteiger partial charge in [0.2, 0.25) is 0 Å². The Labute approximate surface area is 165 Å². The fourth-order valence-electron chi connectivity index (χ4n) is 6.01. The zero-order valence-corrected chi connectivity index (χ0v) is 17.5. The molecule has 1 aromatic carbocycles. The zero-order valence-electron chi connectivity index (χ0n) is 17.5. The van der Waals surface area contributed by atoms with Crippen molar-refractivity contribution in [3.8, 4) is 0 Å². The van der Waals surface area contributed by atoms with E-state index >= 15 is 0 Å². The molecule has 0 spiro atoms. The lowest BCUT2D eigenvalue weighted by Gasteiger charge is -2.34. The molecule has 3 rings (SSSR count). The molecule has 0 aliphatic heterocycles. The molecule has 2 saturated carbocycles. The molecule has 2 heteroatoms. The number of fused-ring (bicyclic) bond motifs is 1. The number of hydrogen-bond donors (Lipinski definition) is 1. The van der Waals surface area contributed by atoms with Gasteiger partial charge in [-0.05, 0) is 48.5 Å². The molecular formula is C25H38O2. The van der Waals surface area contributed by atoms with Crippen LogP contribution in [-0.4, -0.2) is 10.9 Å². The van der Waals surface area contributed by atoms with Crippen LogP contribution >= 0.6 is 0 Å². The van der Waals surface area contributed by atoms with Crippen LogP contribution in [0.3, 0.4) is 0 Å². The molecule has 0 aromatic heterocycles. The van der Waals surface area contributed by atoms with Crippen LogP contribution in [0.4, 0.5) is 0 Å². The van der Waals surface area contributed by atoms with Crippen molar-refractivity contribution in [1.82, 2.24) is 0 Å². The van der Waals surface area contributed by atoms with E-state index in [1.54, 1.807) is 0 Å². The van der Waals surface area contributed by atoms with Gasteiger partial charge in [0, 0.05) is 6.42 Å². The molecule has 0 saturated heterocycles. The monoisotopic (exact) mass is 370 g/mol. The Morgan fingerprint density at radius 1 is 1.00 bits per heavy atom. The predicted molar refractivity (Wildman–Crippen MR) is 111 cm³/mol. The summed E-state index contributed by atoms with van der Waals surface area (Å²) in [6.07, 6.45) is 10.8. The van der Waals surface area contributed by atoms with Crippen LogP contribution in [0.1, 0.15) is 90.5 Å². The second-order valence-corrected chi connectivity index (χ2v) is 9.95. The topological polar surface area (TPSA) is 37.3 Å². The quantitative estimate of drug-likeness (QED) is 0.520. The summed E-state index contributed by atoms with van der Waals surface area (Å²) in [6.45, 7) is 6.87. The van der Waals surface area contributed by atoms with E-state index in [1.165, 1.54) is 25.7 Å². The number of aliphatic hydroxyl groups is 1. The van der Waals surface area contributed by atoms with Crippen LogP contribution in [-0.2, 0) is 10.4 Å². The van der Waals surface area contributed by atoms with Crippen molar-refractivity contribution in [3.63, 3.8) is 0 Å². The van der Waals surface area contributed by atoms with Crippen LogP contribution < -0.4 is 0 Å². The summed E-state index contributed by atoms with van der Waals surface area (Å²) in [6, 6.07) is 9.98. The average molecular weight is 371 g/mol. The molecule has 0 heterocycles. The fraction of sp³-hybridized carbons (Fsp3) is 0.720. The number of ketones is 1. The van der Waals surface area contributed by atoms with E-state index < -0.39 is 5.60 Å². The molecule has 0 amide bonds. The first kappa shape index (κ1) is 20.6. The van der Waals surface area contributed by atoms with E-state index in [9.17, 15) is 9.90 Å². The normalized spacial score (nSPS) is 31.8. The molecule has 2 aliphatic rings. The summed E-state index contributed by atoms with van der Waals surface area (Å²) in [5, 5.41) is 11.7. The van der Waals surface area contributed by atoms with Crippen molar-refractivity contribution in [2.75, 3.05) is 0 Å². The van der Waals surface area contributed by atoms with Gasteiger partial charge in [0.05, 0.1) is 11.5 Å². The van der Waals surface area contributed by atoms with Gasteiger partial charge < -0.3 is 5.11 Å². The lowest BCUT2D eigenvalue weighted by Crippen LogP contribution is -2.39. The number of Topliss-reactive ketones (excluding diaryl/α,β-unsaturated/α-hetero) is 1. The van der Waals surface area contributed by atoms with Crippen molar-refractivity contribution < 1.29 is 9.90 Å². The number of carbonyl (C=O) groups excluding carboxylic acids is 1. The molecule has 0 unspecified atom stereocenters. The highest BCUT2D eigenvalue weighted by molar-refractivity contribution is 5.83. The maximum atomic E-state index is 13.3. The van der Waals surface area contributed by atoms with Crippen molar-refractivity contribution >= 4 is 5.78 Å². The molecule has 27 heavy (non-hydrogen) atoms. The second-order valence-electron chi connectivity index (χ2n) is 9.95. The molecule has 150 valence electrons. The number of benzene rings is 1. The van der Waals surface area contributed by atoms with Gasteiger partial charge in [0.1, 0.15) is 5.78 Å². The Hall–Kier alpha value is -1.15. The lowest BCUT2D eigenvalue weighted by atomic mass is 9.74. The lowest BCUT2D eigenvalue weighted by molar-refractivity contribution is -0.133. The number of carbonyl (C=O) groups is 1. The minimum atomic E-state index is -0.966. The fourth-order valence-corrected chi connectivity index (χ4v) is 6.01. The highest BCUT2D eigenvalue weighted by atomic mass is 16.3. The zero-order chi connectivity index (χ0) is 19.5. The van der Waals surface area contributed by atoms with Crippen molar-refractivity contribution in [2.24, 2.45) is 23.2 Å². The predicted octanol–water partition coefficient (Wildman–Crippen LogP) is 6.27. The Morgan fingerprint density at radius 2 is 1.67 bits per heavy atom. The third kappa shape index (κ3) is 4.47. The largest absolute Gasteiger partial charge is 0.384 e. The van der Waals surface area contributed by atoms with Crippen LogP contribution in [0.2, 0.25) is 0 Å². The van der Waals surface area contributed by atoms with E-state index in [1.807, 2.05) is 30.3 Å². The van der Waals surface area contributed by atoms with E-state index in [-0.39, 0.29) is 5.92 Å². The first-order valence-corrected chi connectivity index (χ1v) is 11.2. The molecular weight excluding hydrogens is 332 g/mol. The first-order chi connectivity index (χ1) is 12.9. The average Bonchev–Trinajstić information content (AvgIpc) is 3.06. The molecule has 2 nitrogen and oxygen atoms in total. The highest BCUT2D eigenvalue weighted by Gasteiger charge is 2.60. The molecule has 1 aromatic rings. The van der Waals surface area contributed by atoms with E-state index in [0.29, 0.717) is 29.5 Å². The van der Waals surface area contributed by atoms with Gasteiger partial charge in [0.15, 0.2) is 0 Å². The van der Waals surface area contributed by atoms with E-state index in [2.05, 4.69) is 20.8 Å². The summed E-state index contributed by atoms with van der Waals surface area (Å²) in [7, 11) is 0. The summed E-state index contributed by atoms with van der Waals surface area (Å²) in [4.78, 5) is 13.3. The Morgan fingerprint density at radius 3 is 2.37 bits per heavy atom. The van der Waals surface area contributed by atoms with Crippen LogP contribution in [0.15, 0.2) is 30.3 Å². The number of unbranched alkanes of at least 4 members (excludes halogenated alkanes) is 5. The summed E-state index contributed by atoms with van der Waals surface area (Å²) in [5.74, 6) is 0.908. The third-order valence-corrected chi connectivity index (χ3v) is 7.12. The summed E-state index contributed by atoms with van der Waals surface area (Å²) >= 11 is 0. The van der Waals surface area contributed by atoms with Crippen LogP contribution in [0.5, 0.6) is 0 Å². The van der Waals surface area contributed by atoms with Gasteiger partial charge in [-0.25, -0.2) is 0 Å². The van der Waals surface area contributed by atoms with Gasteiger partial charge in [-0.3, -0.25) is 4.79 Å². The van der Waals surface area contributed by atoms with Gasteiger partial charge in [-0.1, -0.05) is 83.2 Å². The molecule has 0 radical (unpaired) electrons. The Bertz CT molecular complexity index is 620. The number of hydrogen-bond acceptors (Lipinski definition) is 2. The van der Waals surface area contributed by atoms with Crippen LogP contribution in [0.25, 0.3) is 0 Å². The van der Waals surface area contributed by atoms with Crippen molar-refractivity contribution in [3.05, 3.63) is 35.9 Å². The molecule has 0 bridgehead atoms. The molecule has 1 N–H and O–H groups in total. The summed E-state index contributed by atoms with van der Waals surface area (Å²) < 4.78 is 0. The molecule has 2 fully saturated rings. The maximum absolute atomic E-state index is 13.3. The van der Waals surface area contributed by atoms with Gasteiger partial charge in [-0.15, -0.1) is 0 Å². The van der Waals surface area contributed by atoms with Gasteiger partial charge >= 0.3 is 0 Å². The summed E-state index contributed by atoms with van der Waals surface area (Å²) in [5.41, 5.74) is 0.275. The molecule has 4 atom stereocenters. The highest BCUT2D eigenvalue weighted by Crippen LogP contribution is 2.61. The maximum Gasteiger partial charge on any atom is 0.139 e. The van der Waals surface area contributed by atoms with Crippen molar-refractivity contribution in [2.45, 2.75) is 90.6 Å². The Balaban J connectivity index is 1.72. The minimum Gasteiger partial charge on any atom is -0.384 e. The van der Waals surface area contributed by atoms with Crippen molar-refractivity contribution in [1.29, 1.82) is 0 Å². The SMILES string of the molecule is CCCCCCCCC(=O)[C@@H]1[C@H]2CC(C)(C)C[C@H]2C[C@@]1(O)c1ccccc1. The van der Waals surface area contributed by atoms with Gasteiger partial charge in [-0.2, -0.15) is 0 Å². The van der Waals surface area contributed by atoms with E-state index in [0.717, 1.165) is 37.7 Å². The minimum absolute atomic E-state index is 0.220. The standard InChI is InChI=1S/C25H38O2/c1-4-5-6-7-8-12-15-22(26)23-21-18-24(2,3)16-19(21)17-25(23,27)20-13-10-9-11-14-20/h9-11,13-14,19,21,23,27H,4-8,12,15-18H2,1-3H3/t19-,21-,23-,25+/m0/s1. The first-order valence-electron chi connectivity index (χ1n) is 11.2. The van der Waals surface area contributed by atoms with Crippen LogP contribution in [0, 0.1) is 23.2 Å². The molecule has 2 aliphatic carbocycles. The third-order valence-electron chi connectivity index (χ3n) is 7.12. The second kappa shape index (κ2) is 8.47. The Kier molecular flexibility index (Phi) is 6.46. The van der Waals surface area contributed by atoms with Gasteiger partial charge in [0.25, 0.3) is 0 Å². The number of rotatable bonds is 9. The van der Waals surface area contributed by atoms with E-state index in [4.69, 9.17) is 0 Å². The smallest absolute Gasteiger partial charge is 0.139 e.